The van der Waals surface area contributed by atoms with Crippen molar-refractivity contribution in [1.29, 1.82) is 0 Å². The SMILES string of the molecule is [2H]c1c(C)[n+](C)c(-c2cc3occc3cc2C)c2ccc(-c3ccccc3)cc12. The highest BCUT2D eigenvalue weighted by Crippen LogP contribution is 2.33. The zero-order chi connectivity index (χ0) is 20.1. The summed E-state index contributed by atoms with van der Waals surface area (Å²) in [4.78, 5) is 0. The quantitative estimate of drug-likeness (QED) is 0.333. The van der Waals surface area contributed by atoms with E-state index >= 15 is 0 Å². The van der Waals surface area contributed by atoms with Crippen molar-refractivity contribution >= 4 is 21.7 Å². The molecule has 2 heterocycles. The van der Waals surface area contributed by atoms with Crippen molar-refractivity contribution in [3.05, 3.63) is 90.3 Å². The van der Waals surface area contributed by atoms with Gasteiger partial charge in [-0.25, -0.2) is 0 Å². The highest BCUT2D eigenvalue weighted by molar-refractivity contribution is 5.98. The molecule has 2 aromatic heterocycles. The van der Waals surface area contributed by atoms with Crippen molar-refractivity contribution in [2.45, 2.75) is 13.8 Å². The van der Waals surface area contributed by atoms with Crippen LogP contribution in [0.15, 0.2) is 83.5 Å². The van der Waals surface area contributed by atoms with E-state index in [9.17, 15) is 0 Å². The zero-order valence-corrected chi connectivity index (χ0v) is 16.3. The number of rotatable bonds is 2. The monoisotopic (exact) mass is 365 g/mol. The predicted molar refractivity (Wildman–Crippen MR) is 115 cm³/mol. The summed E-state index contributed by atoms with van der Waals surface area (Å²) in [6.45, 7) is 4.15. The second-order valence-corrected chi connectivity index (χ2v) is 7.37. The molecule has 0 atom stereocenters. The van der Waals surface area contributed by atoms with Gasteiger partial charge in [-0.3, -0.25) is 0 Å². The van der Waals surface area contributed by atoms with Crippen molar-refractivity contribution in [3.63, 3.8) is 0 Å². The fourth-order valence-corrected chi connectivity index (χ4v) is 4.00. The van der Waals surface area contributed by atoms with Gasteiger partial charge in [0.25, 0.3) is 0 Å². The van der Waals surface area contributed by atoms with E-state index in [1.54, 1.807) is 6.26 Å². The van der Waals surface area contributed by atoms with Gasteiger partial charge in [0.05, 0.1) is 18.6 Å². The molecule has 0 radical (unpaired) electrons. The summed E-state index contributed by atoms with van der Waals surface area (Å²) < 4.78 is 16.6. The Kier molecular flexibility index (Phi) is 3.55. The van der Waals surface area contributed by atoms with Crippen molar-refractivity contribution in [1.82, 2.24) is 0 Å². The minimum atomic E-state index is 0.570. The number of aromatic nitrogens is 1. The molecule has 0 amide bonds. The lowest BCUT2D eigenvalue weighted by Crippen LogP contribution is -2.35. The lowest BCUT2D eigenvalue weighted by molar-refractivity contribution is -0.665. The van der Waals surface area contributed by atoms with Gasteiger partial charge in [0.1, 0.15) is 12.6 Å². The molecule has 0 aliphatic rings. The summed E-state index contributed by atoms with van der Waals surface area (Å²) in [5.74, 6) is 0. The summed E-state index contributed by atoms with van der Waals surface area (Å²) in [5, 5.41) is 3.16. The number of benzene rings is 3. The minimum Gasteiger partial charge on any atom is -0.464 e. The van der Waals surface area contributed by atoms with Crippen LogP contribution in [0.2, 0.25) is 0 Å². The zero-order valence-electron chi connectivity index (χ0n) is 17.3. The molecule has 2 nitrogen and oxygen atoms in total. The number of nitrogens with zero attached hydrogens (tertiary/aromatic N) is 1. The van der Waals surface area contributed by atoms with Crippen LogP contribution in [0.1, 0.15) is 12.6 Å². The fraction of sp³-hybridized carbons (Fsp3) is 0.115. The molecule has 2 heteroatoms. The number of aryl methyl sites for hydroxylation is 1. The lowest BCUT2D eigenvalue weighted by Gasteiger charge is -2.11. The molecule has 0 unspecified atom stereocenters. The summed E-state index contributed by atoms with van der Waals surface area (Å²) in [6, 6.07) is 23.6. The predicted octanol–water partition coefficient (Wildman–Crippen LogP) is 6.36. The molecular formula is C26H22NO+. The average molecular weight is 365 g/mol. The second-order valence-electron chi connectivity index (χ2n) is 7.37. The van der Waals surface area contributed by atoms with Gasteiger partial charge in [-0.2, -0.15) is 4.57 Å². The maximum absolute atomic E-state index is 8.77. The van der Waals surface area contributed by atoms with Crippen LogP contribution in [-0.4, -0.2) is 0 Å². The number of fused-ring (bicyclic) bond motifs is 2. The molecular weight excluding hydrogens is 342 g/mol. The van der Waals surface area contributed by atoms with Crippen LogP contribution in [0.25, 0.3) is 44.1 Å². The van der Waals surface area contributed by atoms with Crippen molar-refractivity contribution in [2.75, 3.05) is 0 Å². The van der Waals surface area contributed by atoms with Gasteiger partial charge in [0.15, 0.2) is 5.69 Å². The van der Waals surface area contributed by atoms with E-state index in [1.807, 2.05) is 38.2 Å². The third-order valence-electron chi connectivity index (χ3n) is 5.59. The first-order valence-corrected chi connectivity index (χ1v) is 9.51. The second kappa shape index (κ2) is 6.35. The van der Waals surface area contributed by atoms with E-state index in [2.05, 4.69) is 54.0 Å². The molecule has 5 rings (SSSR count). The number of hydrogen-bond acceptors (Lipinski definition) is 1. The van der Waals surface area contributed by atoms with Crippen molar-refractivity contribution in [3.8, 4) is 22.4 Å². The summed E-state index contributed by atoms with van der Waals surface area (Å²) >= 11 is 0. The maximum Gasteiger partial charge on any atom is 0.220 e. The van der Waals surface area contributed by atoms with E-state index in [4.69, 9.17) is 5.79 Å². The number of furan rings is 1. The van der Waals surface area contributed by atoms with Gasteiger partial charge in [0, 0.05) is 18.4 Å². The van der Waals surface area contributed by atoms with Crippen LogP contribution in [0.4, 0.5) is 0 Å². The van der Waals surface area contributed by atoms with Crippen molar-refractivity contribution in [2.24, 2.45) is 7.05 Å². The Morgan fingerprint density at radius 2 is 1.68 bits per heavy atom. The first-order valence-electron chi connectivity index (χ1n) is 10.0. The highest BCUT2D eigenvalue weighted by atomic mass is 16.3. The molecule has 0 saturated heterocycles. The Hall–Kier alpha value is -3.39. The van der Waals surface area contributed by atoms with Gasteiger partial charge in [-0.05, 0) is 59.3 Å². The molecule has 0 spiro atoms. The topological polar surface area (TPSA) is 17.0 Å². The Morgan fingerprint density at radius 1 is 0.857 bits per heavy atom. The summed E-state index contributed by atoms with van der Waals surface area (Å²) in [5.41, 5.74) is 7.56. The minimum absolute atomic E-state index is 0.570. The third kappa shape index (κ3) is 2.61. The Balaban J connectivity index is 1.84. The standard InChI is InChI=1S/C26H22NO/c1-17-13-21-11-12-28-25(21)16-24(17)26-23-10-9-20(19-7-5-4-6-8-19)15-22(23)14-18(2)27(26)3/h4-16H,1-3H3/q+1/i14D. The van der Waals surface area contributed by atoms with Crippen LogP contribution >= 0.6 is 0 Å². The van der Waals surface area contributed by atoms with Gasteiger partial charge in [-0.15, -0.1) is 0 Å². The van der Waals surface area contributed by atoms with Gasteiger partial charge in [-0.1, -0.05) is 36.4 Å². The van der Waals surface area contributed by atoms with E-state index < -0.39 is 0 Å². The largest absolute Gasteiger partial charge is 0.464 e. The molecule has 0 fully saturated rings. The first kappa shape index (κ1) is 15.6. The molecule has 0 aliphatic carbocycles. The molecule has 136 valence electrons. The Labute approximate surface area is 166 Å². The van der Waals surface area contributed by atoms with Crippen LogP contribution in [0, 0.1) is 13.8 Å². The highest BCUT2D eigenvalue weighted by Gasteiger charge is 2.21. The molecule has 5 aromatic rings. The van der Waals surface area contributed by atoms with E-state index in [0.29, 0.717) is 6.04 Å². The smallest absolute Gasteiger partial charge is 0.220 e. The lowest BCUT2D eigenvalue weighted by atomic mass is 9.95. The average Bonchev–Trinajstić information content (AvgIpc) is 3.20. The van der Waals surface area contributed by atoms with Crippen LogP contribution in [-0.2, 0) is 7.05 Å². The first-order chi connectivity index (χ1) is 14.0. The van der Waals surface area contributed by atoms with Gasteiger partial charge < -0.3 is 4.42 Å². The molecule has 0 aliphatic heterocycles. The molecule has 0 bridgehead atoms. The Morgan fingerprint density at radius 3 is 2.50 bits per heavy atom. The molecule has 28 heavy (non-hydrogen) atoms. The normalized spacial score (nSPS) is 11.9. The van der Waals surface area contributed by atoms with Gasteiger partial charge in [0.2, 0.25) is 5.69 Å². The maximum atomic E-state index is 8.77. The summed E-state index contributed by atoms with van der Waals surface area (Å²) in [6.07, 6.45) is 1.73. The third-order valence-corrected chi connectivity index (χ3v) is 5.59. The van der Waals surface area contributed by atoms with Crippen LogP contribution in [0.5, 0.6) is 0 Å². The molecule has 0 N–H and O–H groups in total. The van der Waals surface area contributed by atoms with Crippen LogP contribution in [0.3, 0.4) is 0 Å². The Bertz CT molecular complexity index is 1380. The molecule has 0 saturated carbocycles. The van der Waals surface area contributed by atoms with E-state index in [-0.39, 0.29) is 0 Å². The van der Waals surface area contributed by atoms with E-state index in [0.717, 1.165) is 49.8 Å². The number of pyridine rings is 1. The van der Waals surface area contributed by atoms with Crippen molar-refractivity contribution < 1.29 is 10.4 Å². The number of hydrogen-bond donors (Lipinski definition) is 0. The summed E-state index contributed by atoms with van der Waals surface area (Å²) in [7, 11) is 2.04. The fourth-order valence-electron chi connectivity index (χ4n) is 4.00. The van der Waals surface area contributed by atoms with Crippen LogP contribution < -0.4 is 4.57 Å². The van der Waals surface area contributed by atoms with Gasteiger partial charge >= 0.3 is 0 Å². The molecule has 3 aromatic carbocycles. The van der Waals surface area contributed by atoms with E-state index in [1.165, 1.54) is 5.56 Å².